The van der Waals surface area contributed by atoms with Gasteiger partial charge in [0.15, 0.2) is 0 Å². The van der Waals surface area contributed by atoms with Crippen molar-refractivity contribution < 1.29 is 0 Å². The van der Waals surface area contributed by atoms with Crippen molar-refractivity contribution in [3.05, 3.63) is 29.8 Å². The summed E-state index contributed by atoms with van der Waals surface area (Å²) in [6.07, 6.45) is 2.23. The molecule has 1 nitrogen and oxygen atoms in total. The van der Waals surface area contributed by atoms with Crippen molar-refractivity contribution in [2.75, 3.05) is 5.75 Å². The van der Waals surface area contributed by atoms with Crippen LogP contribution in [0.4, 0.5) is 5.69 Å². The number of benzene rings is 1. The molecule has 0 unspecified atom stereocenters. The highest BCUT2D eigenvalue weighted by atomic mass is 32.2. The van der Waals surface area contributed by atoms with E-state index < -0.39 is 0 Å². The summed E-state index contributed by atoms with van der Waals surface area (Å²) in [6, 6.07) is 8.38. The predicted octanol–water partition coefficient (Wildman–Crippen LogP) is 4.58. The molecule has 0 fully saturated rings. The van der Waals surface area contributed by atoms with E-state index >= 15 is 0 Å². The van der Waals surface area contributed by atoms with E-state index in [1.807, 2.05) is 11.8 Å². The highest BCUT2D eigenvalue weighted by Crippen LogP contribution is 2.18. The lowest BCUT2D eigenvalue weighted by atomic mass is 10.2. The summed E-state index contributed by atoms with van der Waals surface area (Å²) >= 11 is 1.87. The lowest BCUT2D eigenvalue weighted by Crippen LogP contribution is -1.90. The van der Waals surface area contributed by atoms with Gasteiger partial charge in [-0.1, -0.05) is 31.5 Å². The van der Waals surface area contributed by atoms with E-state index in [9.17, 15) is 0 Å². The van der Waals surface area contributed by atoms with Crippen molar-refractivity contribution in [2.45, 2.75) is 33.6 Å². The third-order valence-corrected chi connectivity index (χ3v) is 3.39. The molecular formula is C13H19NS. The molecule has 0 bridgehead atoms. The molecule has 0 radical (unpaired) electrons. The van der Waals surface area contributed by atoms with E-state index in [0.717, 1.165) is 12.1 Å². The first-order valence-corrected chi connectivity index (χ1v) is 6.51. The summed E-state index contributed by atoms with van der Waals surface area (Å²) < 4.78 is 0. The molecule has 1 rings (SSSR count). The maximum Gasteiger partial charge on any atom is 0.0735 e. The molecule has 0 atom stereocenters. The SMILES string of the molecule is CCCSC(CC)=Nc1ccc(C)cc1. The van der Waals surface area contributed by atoms with Crippen LogP contribution in [0.1, 0.15) is 32.3 Å². The molecule has 0 amide bonds. The van der Waals surface area contributed by atoms with Gasteiger partial charge in [-0.2, -0.15) is 0 Å². The minimum atomic E-state index is 1.03. The van der Waals surface area contributed by atoms with Crippen LogP contribution in [0.2, 0.25) is 0 Å². The second-order valence-electron chi connectivity index (χ2n) is 3.54. The number of nitrogens with zero attached hydrogens (tertiary/aromatic N) is 1. The third kappa shape index (κ3) is 4.52. The lowest BCUT2D eigenvalue weighted by Gasteiger charge is -2.02. The van der Waals surface area contributed by atoms with Gasteiger partial charge in [0, 0.05) is 0 Å². The van der Waals surface area contributed by atoms with Gasteiger partial charge >= 0.3 is 0 Å². The van der Waals surface area contributed by atoms with Gasteiger partial charge in [-0.3, -0.25) is 0 Å². The van der Waals surface area contributed by atoms with Gasteiger partial charge < -0.3 is 0 Å². The Bertz CT molecular complexity index is 314. The largest absolute Gasteiger partial charge is 0.247 e. The molecule has 0 aromatic heterocycles. The smallest absolute Gasteiger partial charge is 0.0735 e. The molecule has 0 aliphatic carbocycles. The molecule has 0 N–H and O–H groups in total. The summed E-state index contributed by atoms with van der Waals surface area (Å²) in [5.74, 6) is 1.17. The van der Waals surface area contributed by atoms with Crippen LogP contribution in [0.15, 0.2) is 29.3 Å². The van der Waals surface area contributed by atoms with Crippen LogP contribution >= 0.6 is 11.8 Å². The van der Waals surface area contributed by atoms with Crippen molar-refractivity contribution in [3.8, 4) is 0 Å². The third-order valence-electron chi connectivity index (χ3n) is 2.06. The Labute approximate surface area is 97.0 Å². The zero-order valence-electron chi connectivity index (χ0n) is 9.79. The standard InChI is InChI=1S/C13H19NS/c1-4-10-15-13(5-2)14-12-8-6-11(3)7-9-12/h6-9H,4-5,10H2,1-3H3. The molecule has 0 aliphatic rings. The average Bonchev–Trinajstić information content (AvgIpc) is 2.27. The monoisotopic (exact) mass is 221 g/mol. The Hall–Kier alpha value is -0.760. The second kappa shape index (κ2) is 6.67. The topological polar surface area (TPSA) is 12.4 Å². The molecule has 0 spiro atoms. The Morgan fingerprint density at radius 1 is 1.20 bits per heavy atom. The van der Waals surface area contributed by atoms with Crippen LogP contribution in [-0.4, -0.2) is 10.8 Å². The fourth-order valence-electron chi connectivity index (χ4n) is 1.20. The number of rotatable bonds is 4. The Morgan fingerprint density at radius 3 is 2.40 bits per heavy atom. The Kier molecular flexibility index (Phi) is 5.48. The van der Waals surface area contributed by atoms with Gasteiger partial charge in [-0.15, -0.1) is 11.8 Å². The number of thioether (sulfide) groups is 1. The van der Waals surface area contributed by atoms with E-state index in [4.69, 9.17) is 0 Å². The van der Waals surface area contributed by atoms with Crippen molar-refractivity contribution in [3.63, 3.8) is 0 Å². The van der Waals surface area contributed by atoms with Crippen molar-refractivity contribution in [1.82, 2.24) is 0 Å². The molecule has 0 saturated carbocycles. The fourth-order valence-corrected chi connectivity index (χ4v) is 2.01. The molecule has 0 heterocycles. The summed E-state index contributed by atoms with van der Waals surface area (Å²) in [5.41, 5.74) is 2.36. The summed E-state index contributed by atoms with van der Waals surface area (Å²) in [6.45, 7) is 6.46. The molecule has 0 saturated heterocycles. The van der Waals surface area contributed by atoms with Gasteiger partial charge in [-0.05, 0) is 37.7 Å². The van der Waals surface area contributed by atoms with Crippen molar-refractivity contribution >= 4 is 22.5 Å². The first-order chi connectivity index (χ1) is 7.26. The number of aryl methyl sites for hydroxylation is 1. The second-order valence-corrected chi connectivity index (χ2v) is 4.71. The first-order valence-electron chi connectivity index (χ1n) is 5.53. The van der Waals surface area contributed by atoms with E-state index in [0.29, 0.717) is 0 Å². The first kappa shape index (κ1) is 12.3. The van der Waals surface area contributed by atoms with Gasteiger partial charge in [-0.25, -0.2) is 4.99 Å². The molecule has 0 aliphatic heterocycles. The predicted molar refractivity (Wildman–Crippen MR) is 71.3 cm³/mol. The lowest BCUT2D eigenvalue weighted by molar-refractivity contribution is 1.11. The van der Waals surface area contributed by atoms with Crippen molar-refractivity contribution in [1.29, 1.82) is 0 Å². The van der Waals surface area contributed by atoms with Crippen LogP contribution in [0.25, 0.3) is 0 Å². The van der Waals surface area contributed by atoms with Gasteiger partial charge in [0.05, 0.1) is 10.7 Å². The van der Waals surface area contributed by atoms with Crippen LogP contribution in [0, 0.1) is 6.92 Å². The molecule has 1 aromatic carbocycles. The van der Waals surface area contributed by atoms with Crippen LogP contribution in [-0.2, 0) is 0 Å². The van der Waals surface area contributed by atoms with Crippen LogP contribution in [0.3, 0.4) is 0 Å². The Balaban J connectivity index is 2.69. The summed E-state index contributed by atoms with van der Waals surface area (Å²) in [7, 11) is 0. The quantitative estimate of drug-likeness (QED) is 0.535. The highest BCUT2D eigenvalue weighted by Gasteiger charge is 1.97. The normalized spacial score (nSPS) is 11.8. The molecule has 15 heavy (non-hydrogen) atoms. The number of hydrogen-bond acceptors (Lipinski definition) is 2. The maximum atomic E-state index is 4.64. The van der Waals surface area contributed by atoms with Gasteiger partial charge in [0.1, 0.15) is 0 Å². The Morgan fingerprint density at radius 2 is 1.87 bits per heavy atom. The summed E-state index contributed by atoms with van der Waals surface area (Å²) in [4.78, 5) is 4.64. The van der Waals surface area contributed by atoms with Crippen LogP contribution in [0.5, 0.6) is 0 Å². The maximum absolute atomic E-state index is 4.64. The molecule has 2 heteroatoms. The van der Waals surface area contributed by atoms with E-state index in [1.165, 1.54) is 22.8 Å². The average molecular weight is 221 g/mol. The zero-order chi connectivity index (χ0) is 11.1. The minimum Gasteiger partial charge on any atom is -0.247 e. The van der Waals surface area contributed by atoms with Gasteiger partial charge in [0.25, 0.3) is 0 Å². The fraction of sp³-hybridized carbons (Fsp3) is 0.462. The zero-order valence-corrected chi connectivity index (χ0v) is 10.6. The molecule has 82 valence electrons. The highest BCUT2D eigenvalue weighted by molar-refractivity contribution is 8.13. The van der Waals surface area contributed by atoms with Crippen molar-refractivity contribution in [2.24, 2.45) is 4.99 Å². The number of aliphatic imine (C=N–C) groups is 1. The van der Waals surface area contributed by atoms with E-state index in [2.05, 4.69) is 50.0 Å². The van der Waals surface area contributed by atoms with Gasteiger partial charge in [0.2, 0.25) is 0 Å². The summed E-state index contributed by atoms with van der Waals surface area (Å²) in [5, 5.41) is 1.24. The minimum absolute atomic E-state index is 1.03. The molecule has 1 aromatic rings. The van der Waals surface area contributed by atoms with E-state index in [-0.39, 0.29) is 0 Å². The van der Waals surface area contributed by atoms with E-state index in [1.54, 1.807) is 0 Å². The molecular weight excluding hydrogens is 202 g/mol. The number of hydrogen-bond donors (Lipinski definition) is 0. The van der Waals surface area contributed by atoms with Crippen LogP contribution < -0.4 is 0 Å².